The molecule has 158 valence electrons. The quantitative estimate of drug-likeness (QED) is 0.559. The van der Waals surface area contributed by atoms with Crippen LogP contribution in [0.1, 0.15) is 12.0 Å². The average molecular weight is 409 g/mol. The lowest BCUT2D eigenvalue weighted by Crippen LogP contribution is -2.30. The lowest BCUT2D eigenvalue weighted by Gasteiger charge is -2.12. The highest BCUT2D eigenvalue weighted by Crippen LogP contribution is 2.20. The summed E-state index contributed by atoms with van der Waals surface area (Å²) in [5, 5.41) is 6.64. The Labute approximate surface area is 176 Å². The highest BCUT2D eigenvalue weighted by atomic mass is 16.5. The standard InChI is InChI=1S/C23H28N4O3/c1-17-6-4-7-20(14-17)30-13-5-11-24-23(29)25-19-8-9-21-18(15-19)10-12-27(21)16-22(28)26(2)3/h4,6-10,12,14-15H,5,11,13,16H2,1-3H3,(H2,24,25,29). The van der Waals surface area contributed by atoms with E-state index in [1.54, 1.807) is 19.0 Å². The molecule has 0 aliphatic carbocycles. The van der Waals surface area contributed by atoms with Crippen molar-refractivity contribution >= 4 is 28.5 Å². The van der Waals surface area contributed by atoms with Crippen LogP contribution >= 0.6 is 0 Å². The fraction of sp³-hybridized carbons (Fsp3) is 0.304. The molecule has 0 unspecified atom stereocenters. The summed E-state index contributed by atoms with van der Waals surface area (Å²) in [7, 11) is 3.48. The monoisotopic (exact) mass is 408 g/mol. The second-order valence-corrected chi connectivity index (χ2v) is 7.40. The van der Waals surface area contributed by atoms with E-state index in [-0.39, 0.29) is 18.5 Å². The fourth-order valence-electron chi connectivity index (χ4n) is 3.05. The zero-order valence-electron chi connectivity index (χ0n) is 17.6. The number of carbonyl (C=O) groups excluding carboxylic acids is 2. The summed E-state index contributed by atoms with van der Waals surface area (Å²) in [4.78, 5) is 25.6. The number of benzene rings is 2. The predicted octanol–water partition coefficient (Wildman–Crippen LogP) is 3.63. The molecule has 30 heavy (non-hydrogen) atoms. The molecule has 0 atom stereocenters. The van der Waals surface area contributed by atoms with Crippen molar-refractivity contribution in [1.29, 1.82) is 0 Å². The largest absolute Gasteiger partial charge is 0.494 e. The maximum atomic E-state index is 12.1. The summed E-state index contributed by atoms with van der Waals surface area (Å²) in [6, 6.07) is 15.2. The lowest BCUT2D eigenvalue weighted by atomic mass is 10.2. The van der Waals surface area contributed by atoms with Crippen LogP contribution in [-0.2, 0) is 11.3 Å². The van der Waals surface area contributed by atoms with Crippen molar-refractivity contribution in [2.75, 3.05) is 32.6 Å². The Morgan fingerprint density at radius 2 is 1.93 bits per heavy atom. The minimum atomic E-state index is -0.257. The first-order valence-electron chi connectivity index (χ1n) is 9.96. The molecule has 0 radical (unpaired) electrons. The molecule has 3 amide bonds. The van der Waals surface area contributed by atoms with Crippen LogP contribution in [0.3, 0.4) is 0 Å². The molecule has 0 spiro atoms. The van der Waals surface area contributed by atoms with E-state index in [1.165, 1.54) is 0 Å². The number of hydrogen-bond donors (Lipinski definition) is 2. The van der Waals surface area contributed by atoms with E-state index < -0.39 is 0 Å². The molecule has 0 saturated carbocycles. The van der Waals surface area contributed by atoms with E-state index in [2.05, 4.69) is 10.6 Å². The number of likely N-dealkylation sites (N-methyl/N-ethyl adjacent to an activating group) is 1. The Bertz CT molecular complexity index is 1030. The van der Waals surface area contributed by atoms with Crippen LogP contribution in [0.2, 0.25) is 0 Å². The number of carbonyl (C=O) groups is 2. The van der Waals surface area contributed by atoms with Gasteiger partial charge in [0.05, 0.1) is 6.61 Å². The molecule has 1 aromatic heterocycles. The second-order valence-electron chi connectivity index (χ2n) is 7.40. The van der Waals surface area contributed by atoms with Crippen molar-refractivity contribution in [2.45, 2.75) is 19.9 Å². The highest BCUT2D eigenvalue weighted by Gasteiger charge is 2.09. The van der Waals surface area contributed by atoms with Crippen molar-refractivity contribution in [1.82, 2.24) is 14.8 Å². The predicted molar refractivity (Wildman–Crippen MR) is 119 cm³/mol. The molecule has 7 heteroatoms. The van der Waals surface area contributed by atoms with Gasteiger partial charge in [0.1, 0.15) is 12.3 Å². The number of aromatic nitrogens is 1. The van der Waals surface area contributed by atoms with Crippen LogP contribution in [0.25, 0.3) is 10.9 Å². The Balaban J connectivity index is 1.45. The van der Waals surface area contributed by atoms with Crippen LogP contribution in [0, 0.1) is 6.92 Å². The summed E-state index contributed by atoms with van der Waals surface area (Å²) in [6.45, 7) is 3.36. The molecule has 3 rings (SSSR count). The molecule has 1 heterocycles. The van der Waals surface area contributed by atoms with E-state index in [9.17, 15) is 9.59 Å². The maximum absolute atomic E-state index is 12.1. The average Bonchev–Trinajstić information content (AvgIpc) is 3.09. The molecule has 0 bridgehead atoms. The zero-order chi connectivity index (χ0) is 21.5. The van der Waals surface area contributed by atoms with E-state index in [4.69, 9.17) is 4.74 Å². The van der Waals surface area contributed by atoms with E-state index in [0.29, 0.717) is 25.3 Å². The topological polar surface area (TPSA) is 75.6 Å². The smallest absolute Gasteiger partial charge is 0.319 e. The third-order valence-electron chi connectivity index (χ3n) is 4.70. The van der Waals surface area contributed by atoms with Gasteiger partial charge < -0.3 is 24.8 Å². The minimum absolute atomic E-state index is 0.0282. The third-order valence-corrected chi connectivity index (χ3v) is 4.70. The Morgan fingerprint density at radius 1 is 1.10 bits per heavy atom. The van der Waals surface area contributed by atoms with Crippen molar-refractivity contribution in [3.8, 4) is 5.75 Å². The number of fused-ring (bicyclic) bond motifs is 1. The first-order valence-corrected chi connectivity index (χ1v) is 9.96. The summed E-state index contributed by atoms with van der Waals surface area (Å²) in [6.07, 6.45) is 2.59. The van der Waals surface area contributed by atoms with E-state index >= 15 is 0 Å². The van der Waals surface area contributed by atoms with E-state index in [0.717, 1.165) is 22.2 Å². The number of ether oxygens (including phenoxy) is 1. The fourth-order valence-corrected chi connectivity index (χ4v) is 3.05. The van der Waals surface area contributed by atoms with E-state index in [1.807, 2.05) is 66.2 Å². The number of amides is 3. The first-order chi connectivity index (χ1) is 14.4. The number of urea groups is 1. The van der Waals surface area contributed by atoms with Crippen LogP contribution in [0.4, 0.5) is 10.5 Å². The number of aryl methyl sites for hydroxylation is 1. The lowest BCUT2D eigenvalue weighted by molar-refractivity contribution is -0.129. The summed E-state index contributed by atoms with van der Waals surface area (Å²) in [5.41, 5.74) is 2.80. The molecule has 2 aromatic carbocycles. The van der Waals surface area contributed by atoms with Crippen LogP contribution in [0.5, 0.6) is 5.75 Å². The molecular formula is C23H28N4O3. The van der Waals surface area contributed by atoms with Gasteiger partial charge >= 0.3 is 6.03 Å². The van der Waals surface area contributed by atoms with Gasteiger partial charge in [-0.25, -0.2) is 4.79 Å². The summed E-state index contributed by atoms with van der Waals surface area (Å²) < 4.78 is 7.58. The van der Waals surface area contributed by atoms with Gasteiger partial charge in [-0.2, -0.15) is 0 Å². The van der Waals surface area contributed by atoms with Gasteiger partial charge in [0.2, 0.25) is 5.91 Å². The first kappa shape index (κ1) is 21.2. The summed E-state index contributed by atoms with van der Waals surface area (Å²) >= 11 is 0. The van der Waals surface area contributed by atoms with Gasteiger partial charge in [-0.15, -0.1) is 0 Å². The molecule has 3 aromatic rings. The number of anilines is 1. The SMILES string of the molecule is Cc1cccc(OCCCNC(=O)Nc2ccc3c(ccn3CC(=O)N(C)C)c2)c1. The molecule has 0 fully saturated rings. The zero-order valence-corrected chi connectivity index (χ0v) is 17.6. The van der Waals surface area contributed by atoms with Crippen LogP contribution in [0.15, 0.2) is 54.7 Å². The van der Waals surface area contributed by atoms with Gasteiger partial charge in [0.15, 0.2) is 0 Å². The number of rotatable bonds is 8. The maximum Gasteiger partial charge on any atom is 0.319 e. The Morgan fingerprint density at radius 3 is 2.70 bits per heavy atom. The van der Waals surface area contributed by atoms with Crippen molar-refractivity contribution < 1.29 is 14.3 Å². The minimum Gasteiger partial charge on any atom is -0.494 e. The van der Waals surface area contributed by atoms with Crippen LogP contribution in [-0.4, -0.2) is 48.7 Å². The van der Waals surface area contributed by atoms with Gasteiger partial charge in [-0.3, -0.25) is 4.79 Å². The number of nitrogens with zero attached hydrogens (tertiary/aromatic N) is 2. The van der Waals surface area contributed by atoms with Gasteiger partial charge in [-0.1, -0.05) is 12.1 Å². The molecule has 7 nitrogen and oxygen atoms in total. The molecule has 0 aliphatic rings. The second kappa shape index (κ2) is 9.82. The van der Waals surface area contributed by atoms with Gasteiger partial charge in [0.25, 0.3) is 0 Å². The molecular weight excluding hydrogens is 380 g/mol. The third kappa shape index (κ3) is 5.76. The molecule has 0 aliphatic heterocycles. The Kier molecular flexibility index (Phi) is 6.95. The van der Waals surface area contributed by atoms with Crippen molar-refractivity contribution in [3.05, 3.63) is 60.3 Å². The van der Waals surface area contributed by atoms with Gasteiger partial charge in [0, 0.05) is 43.4 Å². The summed E-state index contributed by atoms with van der Waals surface area (Å²) in [5.74, 6) is 0.868. The van der Waals surface area contributed by atoms with Gasteiger partial charge in [-0.05, 0) is 55.3 Å². The van der Waals surface area contributed by atoms with Crippen LogP contribution < -0.4 is 15.4 Å². The highest BCUT2D eigenvalue weighted by molar-refractivity contribution is 5.93. The molecule has 2 N–H and O–H groups in total. The normalized spacial score (nSPS) is 10.6. The van der Waals surface area contributed by atoms with Crippen molar-refractivity contribution in [2.24, 2.45) is 0 Å². The van der Waals surface area contributed by atoms with Crippen molar-refractivity contribution in [3.63, 3.8) is 0 Å². The molecule has 0 saturated heterocycles. The number of nitrogens with one attached hydrogen (secondary N) is 2. The number of hydrogen-bond acceptors (Lipinski definition) is 3. The Hall–Kier alpha value is -3.48.